The van der Waals surface area contributed by atoms with Crippen LogP contribution in [0.4, 0.5) is 0 Å². The smallest absolute Gasteiger partial charge is 0.342 e. The molecule has 1 N–H and O–H groups in total. The normalized spacial score (nSPS) is 20.1. The molecule has 1 fully saturated rings. The highest BCUT2D eigenvalue weighted by atomic mass is 32.3. The van der Waals surface area contributed by atoms with Crippen LogP contribution in [0.15, 0.2) is 0 Å². The van der Waals surface area contributed by atoms with Crippen molar-refractivity contribution < 1.29 is 21.9 Å². The van der Waals surface area contributed by atoms with Crippen LogP contribution in [0.3, 0.4) is 0 Å². The van der Waals surface area contributed by atoms with E-state index in [4.69, 9.17) is 0 Å². The molecule has 0 bridgehead atoms. The van der Waals surface area contributed by atoms with Crippen molar-refractivity contribution in [1.82, 2.24) is 0 Å². The average Bonchev–Trinajstić information content (AvgIpc) is 2.43. The van der Waals surface area contributed by atoms with E-state index in [-0.39, 0.29) is 6.42 Å². The molecule has 23 heavy (non-hydrogen) atoms. The second kappa shape index (κ2) is 10.6. The predicted molar refractivity (Wildman–Crippen MR) is 90.9 cm³/mol. The van der Waals surface area contributed by atoms with Crippen LogP contribution in [0.5, 0.6) is 0 Å². The minimum Gasteiger partial charge on any atom is -0.342 e. The topological polar surface area (TPSA) is 72.8 Å². The summed E-state index contributed by atoms with van der Waals surface area (Å²) in [7, 11) is -3.91. The highest BCUT2D eigenvalue weighted by molar-refractivity contribution is 7.82. The molecule has 0 spiro atoms. The fourth-order valence-electron chi connectivity index (χ4n) is 3.02. The molecule has 1 rings (SSSR count). The third kappa shape index (κ3) is 9.65. The van der Waals surface area contributed by atoms with Gasteiger partial charge in [-0.1, -0.05) is 84.5 Å². The number of rotatable bonds is 14. The van der Waals surface area contributed by atoms with Gasteiger partial charge in [-0.15, -0.1) is 0 Å². The Kier molecular flexibility index (Phi) is 9.66. The second-order valence-corrected chi connectivity index (χ2v) is 8.05. The standard InChI is InChI=1S/C17H34O5S/c1-3-4-10-13-16(2)14-11-8-6-5-7-9-12-15-17(18)21-23(19,20)22-17/h16,18H,3-15H2,1-2H3. The maximum atomic E-state index is 10.7. The van der Waals surface area contributed by atoms with E-state index >= 15 is 0 Å². The number of hydrogen-bond acceptors (Lipinski definition) is 5. The average molecular weight is 351 g/mol. The maximum Gasteiger partial charge on any atom is 0.409 e. The summed E-state index contributed by atoms with van der Waals surface area (Å²) in [6.45, 7) is 4.62. The molecule has 1 saturated heterocycles. The van der Waals surface area contributed by atoms with Crippen molar-refractivity contribution in [3.8, 4) is 0 Å². The molecule has 1 aliphatic heterocycles. The van der Waals surface area contributed by atoms with Crippen molar-refractivity contribution in [3.63, 3.8) is 0 Å². The van der Waals surface area contributed by atoms with Crippen LogP contribution in [-0.2, 0) is 18.8 Å². The van der Waals surface area contributed by atoms with Crippen molar-refractivity contribution in [2.75, 3.05) is 0 Å². The zero-order valence-corrected chi connectivity index (χ0v) is 15.6. The monoisotopic (exact) mass is 350 g/mol. The number of unbranched alkanes of at least 4 members (excludes halogenated alkanes) is 8. The summed E-state index contributed by atoms with van der Waals surface area (Å²) < 4.78 is 30.0. The fourth-order valence-corrected chi connectivity index (χ4v) is 3.84. The molecule has 1 atom stereocenters. The zero-order valence-electron chi connectivity index (χ0n) is 14.8. The van der Waals surface area contributed by atoms with Gasteiger partial charge in [0.2, 0.25) is 0 Å². The molecule has 1 aliphatic rings. The molecule has 0 radical (unpaired) electrons. The van der Waals surface area contributed by atoms with E-state index < -0.39 is 16.4 Å². The molecular weight excluding hydrogens is 316 g/mol. The Morgan fingerprint density at radius 3 is 1.87 bits per heavy atom. The van der Waals surface area contributed by atoms with E-state index in [2.05, 4.69) is 22.2 Å². The Hall–Kier alpha value is -0.170. The quantitative estimate of drug-likeness (QED) is 0.462. The van der Waals surface area contributed by atoms with E-state index in [1.54, 1.807) is 0 Å². The third-order valence-electron chi connectivity index (χ3n) is 4.45. The molecule has 0 aliphatic carbocycles. The molecule has 1 heterocycles. The lowest BCUT2D eigenvalue weighted by atomic mass is 9.96. The molecule has 0 aromatic carbocycles. The lowest BCUT2D eigenvalue weighted by Crippen LogP contribution is -2.50. The first-order valence-electron chi connectivity index (χ1n) is 9.25. The first kappa shape index (κ1) is 20.9. The molecule has 0 saturated carbocycles. The summed E-state index contributed by atoms with van der Waals surface area (Å²) in [5.41, 5.74) is 0. The van der Waals surface area contributed by atoms with Gasteiger partial charge in [-0.3, -0.25) is 0 Å². The second-order valence-electron chi connectivity index (χ2n) is 6.90. The molecular formula is C17H34O5S. The van der Waals surface area contributed by atoms with Gasteiger partial charge in [0.25, 0.3) is 0 Å². The largest absolute Gasteiger partial charge is 0.409 e. The van der Waals surface area contributed by atoms with E-state index in [1.165, 1.54) is 57.8 Å². The van der Waals surface area contributed by atoms with E-state index in [0.717, 1.165) is 18.8 Å². The van der Waals surface area contributed by atoms with Gasteiger partial charge < -0.3 is 5.11 Å². The summed E-state index contributed by atoms with van der Waals surface area (Å²) in [4.78, 5) is 0. The summed E-state index contributed by atoms with van der Waals surface area (Å²) >= 11 is 0. The number of hydrogen-bond donors (Lipinski definition) is 1. The zero-order chi connectivity index (χ0) is 17.2. The van der Waals surface area contributed by atoms with Crippen LogP contribution >= 0.6 is 0 Å². The molecule has 0 amide bonds. The molecule has 5 nitrogen and oxygen atoms in total. The van der Waals surface area contributed by atoms with Crippen LogP contribution in [0, 0.1) is 5.92 Å². The Balaban J connectivity index is 1.83. The summed E-state index contributed by atoms with van der Waals surface area (Å²) in [5, 5.41) is 9.52. The van der Waals surface area contributed by atoms with Crippen molar-refractivity contribution in [2.45, 2.75) is 103 Å². The maximum absolute atomic E-state index is 10.7. The van der Waals surface area contributed by atoms with Crippen molar-refractivity contribution in [1.29, 1.82) is 0 Å². The Morgan fingerprint density at radius 2 is 1.35 bits per heavy atom. The van der Waals surface area contributed by atoms with Crippen LogP contribution in [0.2, 0.25) is 0 Å². The van der Waals surface area contributed by atoms with Crippen LogP contribution in [0.1, 0.15) is 97.3 Å². The molecule has 1 unspecified atom stereocenters. The Bertz CT molecular complexity index is 395. The van der Waals surface area contributed by atoms with Gasteiger partial charge in [-0.2, -0.15) is 16.8 Å². The third-order valence-corrected chi connectivity index (χ3v) is 5.38. The minimum atomic E-state index is -3.91. The van der Waals surface area contributed by atoms with Crippen molar-refractivity contribution in [2.24, 2.45) is 5.92 Å². The number of aliphatic hydroxyl groups is 1. The summed E-state index contributed by atoms with van der Waals surface area (Å²) in [6, 6.07) is 0. The SMILES string of the molecule is CCCCCC(C)CCCCCCCCCC1(O)OS(=O)(=O)O1. The fraction of sp³-hybridized carbons (Fsp3) is 1.00. The van der Waals surface area contributed by atoms with Crippen molar-refractivity contribution in [3.05, 3.63) is 0 Å². The van der Waals surface area contributed by atoms with E-state index in [9.17, 15) is 13.5 Å². The van der Waals surface area contributed by atoms with Gasteiger partial charge in [-0.05, 0) is 12.3 Å². The minimum absolute atomic E-state index is 0.210. The van der Waals surface area contributed by atoms with Crippen LogP contribution in [-0.4, -0.2) is 19.5 Å². The van der Waals surface area contributed by atoms with Gasteiger partial charge in [0.1, 0.15) is 0 Å². The lowest BCUT2D eigenvalue weighted by Gasteiger charge is -2.33. The van der Waals surface area contributed by atoms with Gasteiger partial charge in [-0.25, -0.2) is 0 Å². The van der Waals surface area contributed by atoms with Crippen LogP contribution in [0.25, 0.3) is 0 Å². The molecule has 0 aromatic heterocycles. The van der Waals surface area contributed by atoms with Gasteiger partial charge in [0.15, 0.2) is 0 Å². The van der Waals surface area contributed by atoms with E-state index in [1.807, 2.05) is 0 Å². The first-order valence-corrected chi connectivity index (χ1v) is 10.6. The van der Waals surface area contributed by atoms with Gasteiger partial charge in [0.05, 0.1) is 0 Å². The predicted octanol–water partition coefficient (Wildman–Crippen LogP) is 4.65. The van der Waals surface area contributed by atoms with Gasteiger partial charge in [0, 0.05) is 6.42 Å². The Labute approximate surface area is 142 Å². The first-order chi connectivity index (χ1) is 10.9. The molecule has 0 aromatic rings. The van der Waals surface area contributed by atoms with Gasteiger partial charge >= 0.3 is 16.4 Å². The molecule has 138 valence electrons. The lowest BCUT2D eigenvalue weighted by molar-refractivity contribution is -0.329. The Morgan fingerprint density at radius 1 is 0.870 bits per heavy atom. The molecule has 6 heteroatoms. The summed E-state index contributed by atoms with van der Waals surface area (Å²) in [6.07, 6.45) is 14.8. The van der Waals surface area contributed by atoms with Crippen molar-refractivity contribution >= 4 is 10.4 Å². The summed E-state index contributed by atoms with van der Waals surface area (Å²) in [5.74, 6) is -1.03. The van der Waals surface area contributed by atoms with Crippen LogP contribution < -0.4 is 0 Å². The van der Waals surface area contributed by atoms with E-state index in [0.29, 0.717) is 6.42 Å². The highest BCUT2D eigenvalue weighted by Crippen LogP contribution is 2.32. The highest BCUT2D eigenvalue weighted by Gasteiger charge is 2.50.